The molecule has 0 aromatic heterocycles. The van der Waals surface area contributed by atoms with E-state index in [2.05, 4.69) is 23.5 Å². The number of unbranched alkanes of at least 4 members (excludes halogenated alkanes) is 2. The van der Waals surface area contributed by atoms with Gasteiger partial charge in [0.15, 0.2) is 0 Å². The molecule has 1 saturated carbocycles. The van der Waals surface area contributed by atoms with Gasteiger partial charge in [-0.3, -0.25) is 0 Å². The average molecular weight is 316 g/mol. The third-order valence-electron chi connectivity index (χ3n) is 4.51. The number of allylic oxidation sites excluding steroid dienone is 2. The molecular formula is C19H28N2O2. The summed E-state index contributed by atoms with van der Waals surface area (Å²) in [5.74, 6) is 2.61. The van der Waals surface area contributed by atoms with E-state index in [1.165, 1.54) is 25.7 Å². The van der Waals surface area contributed by atoms with Gasteiger partial charge in [-0.15, -0.1) is 0 Å². The molecule has 0 aromatic rings. The van der Waals surface area contributed by atoms with E-state index in [-0.39, 0.29) is 5.90 Å². The van der Waals surface area contributed by atoms with Crippen LogP contribution >= 0.6 is 0 Å². The number of hydrogen-bond donors (Lipinski definition) is 1. The van der Waals surface area contributed by atoms with Crippen molar-refractivity contribution in [2.45, 2.75) is 45.4 Å². The molecule has 0 bridgehead atoms. The summed E-state index contributed by atoms with van der Waals surface area (Å²) in [5, 5.41) is 10.1. The maximum absolute atomic E-state index is 10.1. The van der Waals surface area contributed by atoms with E-state index in [0.29, 0.717) is 23.7 Å². The summed E-state index contributed by atoms with van der Waals surface area (Å²) in [5.41, 5.74) is 1.23. The first-order valence-corrected chi connectivity index (χ1v) is 8.52. The van der Waals surface area contributed by atoms with Crippen molar-refractivity contribution in [2.24, 2.45) is 21.8 Å². The highest BCUT2D eigenvalue weighted by Crippen LogP contribution is 2.41. The van der Waals surface area contributed by atoms with E-state index < -0.39 is 0 Å². The van der Waals surface area contributed by atoms with Gasteiger partial charge in [0.25, 0.3) is 0 Å². The molecule has 0 spiro atoms. The quantitative estimate of drug-likeness (QED) is 0.698. The molecule has 2 rings (SSSR count). The van der Waals surface area contributed by atoms with Gasteiger partial charge in [0, 0.05) is 0 Å². The molecule has 2 atom stereocenters. The van der Waals surface area contributed by atoms with Crippen LogP contribution in [0.3, 0.4) is 0 Å². The van der Waals surface area contributed by atoms with Crippen molar-refractivity contribution in [3.63, 3.8) is 0 Å². The summed E-state index contributed by atoms with van der Waals surface area (Å²) in [4.78, 5) is 8.57. The second-order valence-electron chi connectivity index (χ2n) is 6.43. The van der Waals surface area contributed by atoms with E-state index >= 15 is 0 Å². The van der Waals surface area contributed by atoms with Gasteiger partial charge in [-0.05, 0) is 49.3 Å². The molecule has 0 saturated heterocycles. The summed E-state index contributed by atoms with van der Waals surface area (Å²) >= 11 is 0. The number of aliphatic hydroxyl groups is 1. The SMILES string of the molecule is C=C1/C=C\C(OC)=C/C/N=C(O)\C(CCCCC[C@@H]2CC2C)=N/1. The van der Waals surface area contributed by atoms with Gasteiger partial charge in [0.1, 0.15) is 11.5 Å². The van der Waals surface area contributed by atoms with Crippen LogP contribution in [0.25, 0.3) is 0 Å². The molecule has 0 radical (unpaired) electrons. The first kappa shape index (κ1) is 17.5. The molecule has 126 valence electrons. The third kappa shape index (κ3) is 6.05. The zero-order chi connectivity index (χ0) is 16.7. The number of aliphatic imine (C=N–C) groups is 2. The van der Waals surface area contributed by atoms with Gasteiger partial charge in [0.2, 0.25) is 5.90 Å². The second-order valence-corrected chi connectivity index (χ2v) is 6.43. The van der Waals surface area contributed by atoms with Crippen molar-refractivity contribution in [3.8, 4) is 0 Å². The fraction of sp³-hybridized carbons (Fsp3) is 0.579. The monoisotopic (exact) mass is 316 g/mol. The molecule has 1 heterocycles. The Balaban J connectivity index is 1.85. The van der Waals surface area contributed by atoms with Crippen LogP contribution in [0.15, 0.2) is 46.2 Å². The van der Waals surface area contributed by atoms with Crippen molar-refractivity contribution >= 4 is 11.6 Å². The van der Waals surface area contributed by atoms with E-state index in [1.807, 2.05) is 12.2 Å². The zero-order valence-corrected chi connectivity index (χ0v) is 14.3. The van der Waals surface area contributed by atoms with Crippen molar-refractivity contribution in [1.29, 1.82) is 0 Å². The van der Waals surface area contributed by atoms with E-state index in [9.17, 15) is 5.11 Å². The van der Waals surface area contributed by atoms with Gasteiger partial charge in [-0.2, -0.15) is 0 Å². The lowest BCUT2D eigenvalue weighted by molar-refractivity contribution is 0.305. The van der Waals surface area contributed by atoms with E-state index in [0.717, 1.165) is 24.7 Å². The van der Waals surface area contributed by atoms with Gasteiger partial charge < -0.3 is 9.84 Å². The molecule has 0 amide bonds. The minimum absolute atomic E-state index is 0.0176. The Bertz CT molecular complexity index is 544. The van der Waals surface area contributed by atoms with Crippen molar-refractivity contribution < 1.29 is 9.84 Å². The number of rotatable bonds is 7. The fourth-order valence-electron chi connectivity index (χ4n) is 2.82. The molecule has 2 aliphatic rings. The molecule has 0 aromatic carbocycles. The predicted octanol–water partition coefficient (Wildman–Crippen LogP) is 4.60. The Hall–Kier alpha value is -1.84. The summed E-state index contributed by atoms with van der Waals surface area (Å²) < 4.78 is 5.19. The molecule has 23 heavy (non-hydrogen) atoms. The van der Waals surface area contributed by atoms with Crippen LogP contribution in [-0.4, -0.2) is 30.4 Å². The summed E-state index contributed by atoms with van der Waals surface area (Å²) in [6.45, 7) is 6.61. The van der Waals surface area contributed by atoms with Gasteiger partial charge >= 0.3 is 0 Å². The minimum atomic E-state index is 0.0176. The highest BCUT2D eigenvalue weighted by Gasteiger charge is 2.31. The molecule has 1 fully saturated rings. The number of nitrogens with zero attached hydrogens (tertiary/aromatic N) is 2. The Morgan fingerprint density at radius 2 is 2.09 bits per heavy atom. The van der Waals surface area contributed by atoms with Gasteiger partial charge in [-0.1, -0.05) is 32.8 Å². The predicted molar refractivity (Wildman–Crippen MR) is 96.1 cm³/mol. The number of methoxy groups -OCH3 is 1. The number of hydrogen-bond acceptors (Lipinski definition) is 3. The molecule has 4 nitrogen and oxygen atoms in total. The first-order chi connectivity index (χ1) is 11.1. The minimum Gasteiger partial charge on any atom is -0.497 e. The lowest BCUT2D eigenvalue weighted by atomic mass is 10.1. The van der Waals surface area contributed by atoms with Gasteiger partial charge in [-0.25, -0.2) is 9.98 Å². The standard InChI is InChI=1S/C19H28N2O2/c1-14-13-16(14)7-5-4-6-8-18-19(22)20-12-11-17(23-3)10-9-15(2)21-18/h9-11,14,16H,2,4-8,12-13H2,1,3H3,(H,20,22)/b10-9-,17-11+,21-18-/t14?,16-/m1/s1. The number of ether oxygens (including phenoxy) is 1. The molecule has 1 unspecified atom stereocenters. The largest absolute Gasteiger partial charge is 0.497 e. The van der Waals surface area contributed by atoms with Crippen molar-refractivity contribution in [1.82, 2.24) is 0 Å². The van der Waals surface area contributed by atoms with E-state index in [4.69, 9.17) is 4.74 Å². The van der Waals surface area contributed by atoms with Crippen LogP contribution in [-0.2, 0) is 4.74 Å². The number of aliphatic hydroxyl groups excluding tert-OH is 1. The smallest absolute Gasteiger partial charge is 0.228 e. The van der Waals surface area contributed by atoms with Crippen LogP contribution in [0.5, 0.6) is 0 Å². The Morgan fingerprint density at radius 1 is 1.30 bits per heavy atom. The molecule has 1 aliphatic carbocycles. The zero-order valence-electron chi connectivity index (χ0n) is 14.3. The maximum atomic E-state index is 10.1. The van der Waals surface area contributed by atoms with Gasteiger partial charge in [0.05, 0.1) is 19.4 Å². The van der Waals surface area contributed by atoms with Crippen LogP contribution < -0.4 is 0 Å². The second kappa shape index (κ2) is 8.70. The topological polar surface area (TPSA) is 54.2 Å². The highest BCUT2D eigenvalue weighted by atomic mass is 16.5. The molecule has 4 heteroatoms. The summed E-state index contributed by atoms with van der Waals surface area (Å²) in [6.07, 6.45) is 12.4. The summed E-state index contributed by atoms with van der Waals surface area (Å²) in [7, 11) is 1.60. The lowest BCUT2D eigenvalue weighted by Crippen LogP contribution is -2.15. The molecular weight excluding hydrogens is 288 g/mol. The Morgan fingerprint density at radius 3 is 2.78 bits per heavy atom. The lowest BCUT2D eigenvalue weighted by Gasteiger charge is -2.07. The highest BCUT2D eigenvalue weighted by molar-refractivity contribution is 6.38. The summed E-state index contributed by atoms with van der Waals surface area (Å²) in [6, 6.07) is 0. The van der Waals surface area contributed by atoms with Crippen LogP contribution in [0.2, 0.25) is 0 Å². The van der Waals surface area contributed by atoms with E-state index in [1.54, 1.807) is 13.2 Å². The third-order valence-corrected chi connectivity index (χ3v) is 4.51. The molecule has 1 N–H and O–H groups in total. The Labute approximate surface area is 139 Å². The maximum Gasteiger partial charge on any atom is 0.228 e. The van der Waals surface area contributed by atoms with Crippen molar-refractivity contribution in [2.75, 3.05) is 13.7 Å². The first-order valence-electron chi connectivity index (χ1n) is 8.52. The normalized spacial score (nSPS) is 32.8. The van der Waals surface area contributed by atoms with Crippen LogP contribution in [0.1, 0.15) is 45.4 Å². The van der Waals surface area contributed by atoms with Crippen LogP contribution in [0, 0.1) is 11.8 Å². The van der Waals surface area contributed by atoms with Crippen molar-refractivity contribution in [3.05, 3.63) is 36.3 Å². The Kier molecular flexibility index (Phi) is 6.63. The average Bonchev–Trinajstić information content (AvgIpc) is 3.23. The van der Waals surface area contributed by atoms with Crippen LogP contribution in [0.4, 0.5) is 0 Å². The molecule has 1 aliphatic heterocycles. The fourth-order valence-corrected chi connectivity index (χ4v) is 2.82.